The summed E-state index contributed by atoms with van der Waals surface area (Å²) in [6.45, 7) is 6.45. The summed E-state index contributed by atoms with van der Waals surface area (Å²) in [6, 6.07) is 12.0. The Balaban J connectivity index is 1.74. The van der Waals surface area contributed by atoms with Gasteiger partial charge in [0, 0.05) is 48.4 Å². The zero-order valence-corrected chi connectivity index (χ0v) is 18.4. The number of primary amides is 1. The monoisotopic (exact) mass is 418 g/mol. The molecule has 2 amide bonds. The molecule has 3 heterocycles. The van der Waals surface area contributed by atoms with E-state index in [1.165, 1.54) is 0 Å². The molecule has 162 valence electrons. The van der Waals surface area contributed by atoms with Gasteiger partial charge in [0.15, 0.2) is 0 Å². The molecule has 0 bridgehead atoms. The first-order valence-corrected chi connectivity index (χ1v) is 11.2. The van der Waals surface area contributed by atoms with Gasteiger partial charge in [0.05, 0.1) is 16.8 Å². The van der Waals surface area contributed by atoms with Gasteiger partial charge in [-0.15, -0.1) is 0 Å². The van der Waals surface area contributed by atoms with Gasteiger partial charge in [-0.2, -0.15) is 0 Å². The maximum atomic E-state index is 12.5. The van der Waals surface area contributed by atoms with Gasteiger partial charge >= 0.3 is 0 Å². The first kappa shape index (κ1) is 21.1. The maximum Gasteiger partial charge on any atom is 0.251 e. The zero-order chi connectivity index (χ0) is 22.0. The molecule has 0 spiro atoms. The van der Waals surface area contributed by atoms with Gasteiger partial charge in [0.25, 0.3) is 5.91 Å². The molecule has 1 aromatic carbocycles. The second-order valence-corrected chi connectivity index (χ2v) is 8.28. The van der Waals surface area contributed by atoms with Crippen LogP contribution >= 0.6 is 0 Å². The predicted molar refractivity (Wildman–Crippen MR) is 123 cm³/mol. The van der Waals surface area contributed by atoms with Crippen molar-refractivity contribution in [3.63, 3.8) is 0 Å². The Labute approximate surface area is 183 Å². The lowest BCUT2D eigenvalue weighted by atomic mass is 10.0. The van der Waals surface area contributed by atoms with Crippen LogP contribution in [0, 0.1) is 6.92 Å². The second-order valence-electron chi connectivity index (χ2n) is 8.28. The van der Waals surface area contributed by atoms with Crippen molar-refractivity contribution in [2.24, 2.45) is 5.73 Å². The van der Waals surface area contributed by atoms with Crippen molar-refractivity contribution in [3.05, 3.63) is 53.3 Å². The molecule has 1 aliphatic rings. The van der Waals surface area contributed by atoms with Crippen LogP contribution in [-0.4, -0.2) is 39.4 Å². The largest absolute Gasteiger partial charge is 0.366 e. The highest BCUT2D eigenvalue weighted by molar-refractivity contribution is 6.02. The quantitative estimate of drug-likeness (QED) is 0.599. The fraction of sp³-hybridized carbons (Fsp3) is 0.400. The summed E-state index contributed by atoms with van der Waals surface area (Å²) >= 11 is 0. The number of hydrogen-bond donors (Lipinski definition) is 1. The number of nitrogens with zero attached hydrogens (tertiary/aromatic N) is 3. The van der Waals surface area contributed by atoms with Crippen molar-refractivity contribution in [1.82, 2.24) is 14.5 Å². The van der Waals surface area contributed by atoms with Crippen molar-refractivity contribution in [2.45, 2.75) is 52.5 Å². The number of para-hydroxylation sites is 1. The number of carbonyl (C=O) groups is 2. The molecule has 6 nitrogen and oxygen atoms in total. The highest BCUT2D eigenvalue weighted by atomic mass is 16.2. The first-order valence-electron chi connectivity index (χ1n) is 11.2. The molecule has 0 aliphatic carbocycles. The minimum atomic E-state index is -0.423. The fourth-order valence-electron chi connectivity index (χ4n) is 4.74. The number of rotatable bonds is 8. The smallest absolute Gasteiger partial charge is 0.251 e. The van der Waals surface area contributed by atoms with Crippen LogP contribution < -0.4 is 5.73 Å². The molecular weight excluding hydrogens is 388 g/mol. The number of amides is 2. The third kappa shape index (κ3) is 4.07. The second kappa shape index (κ2) is 8.92. The number of hydrogen-bond acceptors (Lipinski definition) is 3. The molecule has 0 saturated carbocycles. The van der Waals surface area contributed by atoms with Crippen molar-refractivity contribution >= 4 is 22.7 Å². The summed E-state index contributed by atoms with van der Waals surface area (Å²) in [5, 5.41) is 1.07. The van der Waals surface area contributed by atoms with Crippen LogP contribution in [0.1, 0.15) is 54.4 Å². The highest BCUT2D eigenvalue weighted by Crippen LogP contribution is 2.34. The molecule has 0 radical (unpaired) electrons. The van der Waals surface area contributed by atoms with Crippen LogP contribution in [0.25, 0.3) is 22.2 Å². The Kier molecular flexibility index (Phi) is 6.07. The minimum Gasteiger partial charge on any atom is -0.366 e. The van der Waals surface area contributed by atoms with Gasteiger partial charge in [-0.25, -0.2) is 4.98 Å². The highest BCUT2D eigenvalue weighted by Gasteiger charge is 2.26. The van der Waals surface area contributed by atoms with Crippen molar-refractivity contribution < 1.29 is 9.59 Å². The summed E-state index contributed by atoms with van der Waals surface area (Å²) in [6.07, 6.45) is 4.24. The molecule has 1 aliphatic heterocycles. The van der Waals surface area contributed by atoms with Crippen molar-refractivity contribution in [3.8, 4) is 11.3 Å². The third-order valence-corrected chi connectivity index (χ3v) is 6.20. The van der Waals surface area contributed by atoms with Gasteiger partial charge in [-0.05, 0) is 38.3 Å². The van der Waals surface area contributed by atoms with E-state index in [2.05, 4.69) is 11.5 Å². The molecule has 31 heavy (non-hydrogen) atoms. The van der Waals surface area contributed by atoms with E-state index in [1.807, 2.05) is 48.2 Å². The zero-order valence-electron chi connectivity index (χ0n) is 18.4. The van der Waals surface area contributed by atoms with E-state index in [0.717, 1.165) is 78.9 Å². The predicted octanol–water partition coefficient (Wildman–Crippen LogP) is 4.08. The summed E-state index contributed by atoms with van der Waals surface area (Å²) < 4.78 is 2.22. The number of carbonyl (C=O) groups excluding carboxylic acids is 2. The number of nitrogens with two attached hydrogens (primary N) is 1. The number of aromatic nitrogens is 2. The fourth-order valence-corrected chi connectivity index (χ4v) is 4.74. The Bertz CT molecular complexity index is 1130. The number of fused-ring (bicyclic) bond motifs is 1. The topological polar surface area (TPSA) is 81.2 Å². The van der Waals surface area contributed by atoms with Gasteiger partial charge in [0.2, 0.25) is 5.91 Å². The average molecular weight is 419 g/mol. The molecule has 1 fully saturated rings. The Morgan fingerprint density at radius 1 is 1.16 bits per heavy atom. The lowest BCUT2D eigenvalue weighted by Gasteiger charge is -2.17. The molecule has 1 saturated heterocycles. The molecule has 2 aromatic heterocycles. The van der Waals surface area contributed by atoms with Crippen LogP contribution in [0.2, 0.25) is 0 Å². The minimum absolute atomic E-state index is 0.247. The van der Waals surface area contributed by atoms with Crippen molar-refractivity contribution in [2.75, 3.05) is 13.1 Å². The molecular formula is C25H30N4O2. The van der Waals surface area contributed by atoms with E-state index < -0.39 is 5.91 Å². The van der Waals surface area contributed by atoms with Gasteiger partial charge in [-0.3, -0.25) is 9.59 Å². The van der Waals surface area contributed by atoms with Gasteiger partial charge < -0.3 is 15.2 Å². The number of benzene rings is 1. The van der Waals surface area contributed by atoms with E-state index in [1.54, 1.807) is 0 Å². The van der Waals surface area contributed by atoms with Crippen LogP contribution in [0.5, 0.6) is 0 Å². The lowest BCUT2D eigenvalue weighted by molar-refractivity contribution is -0.127. The van der Waals surface area contributed by atoms with E-state index in [9.17, 15) is 9.59 Å². The summed E-state index contributed by atoms with van der Waals surface area (Å²) in [4.78, 5) is 31.3. The summed E-state index contributed by atoms with van der Waals surface area (Å²) in [5.74, 6) is -0.176. The summed E-state index contributed by atoms with van der Waals surface area (Å²) in [7, 11) is 0. The molecule has 6 heteroatoms. The Morgan fingerprint density at radius 3 is 2.68 bits per heavy atom. The van der Waals surface area contributed by atoms with Crippen LogP contribution in [0.15, 0.2) is 36.4 Å². The Hall–Kier alpha value is -3.15. The lowest BCUT2D eigenvalue weighted by Crippen LogP contribution is -2.26. The third-order valence-electron chi connectivity index (χ3n) is 6.20. The standard InChI is InChI=1S/C25H30N4O2/c1-3-8-21-24(20-13-12-18-9-4-5-10-19(18)27-20)23(25(26)31)17(2)29(21)16-7-15-28-14-6-11-22(28)30/h4-5,9-10,12-13H,3,6-8,11,14-16H2,1-2H3,(H2,26,31). The van der Waals surface area contributed by atoms with Crippen LogP contribution in [0.4, 0.5) is 0 Å². The molecule has 2 N–H and O–H groups in total. The molecule has 3 aromatic rings. The van der Waals surface area contributed by atoms with Crippen LogP contribution in [-0.2, 0) is 17.8 Å². The average Bonchev–Trinajstić information content (AvgIpc) is 3.29. The van der Waals surface area contributed by atoms with E-state index >= 15 is 0 Å². The van der Waals surface area contributed by atoms with Gasteiger partial charge in [-0.1, -0.05) is 37.6 Å². The summed E-state index contributed by atoms with van der Waals surface area (Å²) in [5.41, 5.74) is 10.9. The van der Waals surface area contributed by atoms with Gasteiger partial charge in [0.1, 0.15) is 0 Å². The SMILES string of the molecule is CCCc1c(-c2ccc3ccccc3n2)c(C(N)=O)c(C)n1CCCN1CCCC1=O. The van der Waals surface area contributed by atoms with E-state index in [4.69, 9.17) is 10.7 Å². The van der Waals surface area contributed by atoms with E-state index in [0.29, 0.717) is 12.0 Å². The van der Waals surface area contributed by atoms with Crippen molar-refractivity contribution in [1.29, 1.82) is 0 Å². The van der Waals surface area contributed by atoms with Crippen LogP contribution in [0.3, 0.4) is 0 Å². The number of pyridine rings is 1. The normalized spacial score (nSPS) is 14.0. The van der Waals surface area contributed by atoms with E-state index in [-0.39, 0.29) is 5.91 Å². The molecule has 0 atom stereocenters. The molecule has 4 rings (SSSR count). The first-order chi connectivity index (χ1) is 15.0. The Morgan fingerprint density at radius 2 is 1.97 bits per heavy atom. The maximum absolute atomic E-state index is 12.5. The molecule has 0 unspecified atom stereocenters. The number of likely N-dealkylation sites (tertiary alicyclic amines) is 1.